The molecule has 0 aromatic heterocycles. The third kappa shape index (κ3) is 4.31. The van der Waals surface area contributed by atoms with Gasteiger partial charge in [-0.2, -0.15) is 0 Å². The van der Waals surface area contributed by atoms with E-state index in [2.05, 4.69) is 24.1 Å². The number of nitrogens with one attached hydrogen (secondary N) is 1. The maximum atomic E-state index is 11.4. The maximum absolute atomic E-state index is 11.4. The molecule has 1 aromatic carbocycles. The molecule has 0 spiro atoms. The standard InChI is InChI=1S/C13H22N2O2S/c1-4-14-10-11-15(5-2)12-6-8-13(9-7-12)18(3,16)17/h6-9,14H,4-5,10-11H2,1-3H3. The lowest BCUT2D eigenvalue weighted by Gasteiger charge is -2.23. The van der Waals surface area contributed by atoms with Crippen molar-refractivity contribution >= 4 is 15.5 Å². The molecule has 102 valence electrons. The second kappa shape index (κ2) is 6.75. The Labute approximate surface area is 110 Å². The number of hydrogen-bond acceptors (Lipinski definition) is 4. The summed E-state index contributed by atoms with van der Waals surface area (Å²) >= 11 is 0. The fourth-order valence-corrected chi connectivity index (χ4v) is 2.40. The van der Waals surface area contributed by atoms with E-state index in [-0.39, 0.29) is 0 Å². The predicted octanol–water partition coefficient (Wildman–Crippen LogP) is 1.53. The maximum Gasteiger partial charge on any atom is 0.175 e. The van der Waals surface area contributed by atoms with Crippen molar-refractivity contribution in [1.82, 2.24) is 5.32 Å². The van der Waals surface area contributed by atoms with E-state index in [4.69, 9.17) is 0 Å². The van der Waals surface area contributed by atoms with Crippen molar-refractivity contribution in [2.75, 3.05) is 37.3 Å². The Hall–Kier alpha value is -1.07. The van der Waals surface area contributed by atoms with Crippen molar-refractivity contribution in [2.45, 2.75) is 18.7 Å². The molecule has 0 amide bonds. The molecule has 0 fully saturated rings. The van der Waals surface area contributed by atoms with Crippen LogP contribution in [-0.2, 0) is 9.84 Å². The molecule has 0 bridgehead atoms. The second-order valence-electron chi connectivity index (χ2n) is 4.20. The van der Waals surface area contributed by atoms with E-state index in [1.54, 1.807) is 12.1 Å². The highest BCUT2D eigenvalue weighted by molar-refractivity contribution is 7.90. The van der Waals surface area contributed by atoms with E-state index < -0.39 is 9.84 Å². The zero-order valence-corrected chi connectivity index (χ0v) is 12.1. The van der Waals surface area contributed by atoms with Gasteiger partial charge in [-0.05, 0) is 37.7 Å². The molecule has 1 rings (SSSR count). The Morgan fingerprint density at radius 3 is 2.22 bits per heavy atom. The minimum absolute atomic E-state index is 0.369. The number of rotatable bonds is 7. The van der Waals surface area contributed by atoms with Crippen LogP contribution in [0.3, 0.4) is 0 Å². The first-order valence-corrected chi connectivity index (χ1v) is 8.14. The minimum Gasteiger partial charge on any atom is -0.371 e. The zero-order chi connectivity index (χ0) is 13.6. The van der Waals surface area contributed by atoms with Crippen LogP contribution >= 0.6 is 0 Å². The summed E-state index contributed by atoms with van der Waals surface area (Å²) < 4.78 is 22.7. The molecule has 1 N–H and O–H groups in total. The Balaban J connectivity index is 2.76. The Bertz CT molecular complexity index is 454. The van der Waals surface area contributed by atoms with Crippen LogP contribution < -0.4 is 10.2 Å². The summed E-state index contributed by atoms with van der Waals surface area (Å²) in [5.74, 6) is 0. The quantitative estimate of drug-likeness (QED) is 0.763. The van der Waals surface area contributed by atoms with E-state index in [0.717, 1.165) is 31.9 Å². The van der Waals surface area contributed by atoms with Gasteiger partial charge in [0.15, 0.2) is 9.84 Å². The number of hydrogen-bond donors (Lipinski definition) is 1. The van der Waals surface area contributed by atoms with Gasteiger partial charge in [0.1, 0.15) is 0 Å². The monoisotopic (exact) mass is 270 g/mol. The molecular formula is C13H22N2O2S. The highest BCUT2D eigenvalue weighted by Crippen LogP contribution is 2.17. The van der Waals surface area contributed by atoms with E-state index in [1.165, 1.54) is 6.26 Å². The SMILES string of the molecule is CCNCCN(CC)c1ccc(S(C)(=O)=O)cc1. The molecule has 0 aliphatic heterocycles. The molecule has 0 saturated heterocycles. The summed E-state index contributed by atoms with van der Waals surface area (Å²) in [7, 11) is -3.10. The van der Waals surface area contributed by atoms with Gasteiger partial charge in [0.25, 0.3) is 0 Å². The molecule has 0 aliphatic carbocycles. The molecule has 5 heteroatoms. The van der Waals surface area contributed by atoms with Crippen molar-refractivity contribution in [3.63, 3.8) is 0 Å². The average Bonchev–Trinajstić information content (AvgIpc) is 2.34. The molecule has 0 unspecified atom stereocenters. The lowest BCUT2D eigenvalue weighted by atomic mass is 10.3. The van der Waals surface area contributed by atoms with Crippen LogP contribution in [0, 0.1) is 0 Å². The van der Waals surface area contributed by atoms with Gasteiger partial charge in [0, 0.05) is 31.6 Å². The van der Waals surface area contributed by atoms with Crippen molar-refractivity contribution in [2.24, 2.45) is 0 Å². The molecule has 0 saturated carbocycles. The number of benzene rings is 1. The third-order valence-corrected chi connectivity index (χ3v) is 3.95. The predicted molar refractivity (Wildman–Crippen MR) is 76.0 cm³/mol. The zero-order valence-electron chi connectivity index (χ0n) is 11.3. The summed E-state index contributed by atoms with van der Waals surface area (Å²) in [6.07, 6.45) is 1.23. The highest BCUT2D eigenvalue weighted by Gasteiger charge is 2.08. The smallest absolute Gasteiger partial charge is 0.175 e. The molecule has 0 heterocycles. The van der Waals surface area contributed by atoms with Crippen LogP contribution in [0.4, 0.5) is 5.69 Å². The van der Waals surface area contributed by atoms with Gasteiger partial charge in [0.2, 0.25) is 0 Å². The minimum atomic E-state index is -3.10. The van der Waals surface area contributed by atoms with E-state index >= 15 is 0 Å². The average molecular weight is 270 g/mol. The lowest BCUT2D eigenvalue weighted by Crippen LogP contribution is -2.31. The van der Waals surface area contributed by atoms with Crippen LogP contribution in [0.5, 0.6) is 0 Å². The second-order valence-corrected chi connectivity index (χ2v) is 6.22. The van der Waals surface area contributed by atoms with Crippen LogP contribution in [0.1, 0.15) is 13.8 Å². The molecule has 1 aromatic rings. The number of nitrogens with zero attached hydrogens (tertiary/aromatic N) is 1. The van der Waals surface area contributed by atoms with Gasteiger partial charge in [-0.25, -0.2) is 8.42 Å². The van der Waals surface area contributed by atoms with E-state index in [9.17, 15) is 8.42 Å². The molecule has 0 aliphatic rings. The van der Waals surface area contributed by atoms with Crippen LogP contribution in [-0.4, -0.2) is 40.9 Å². The first kappa shape index (κ1) is 15.0. The first-order chi connectivity index (χ1) is 8.49. The van der Waals surface area contributed by atoms with Crippen LogP contribution in [0.2, 0.25) is 0 Å². The van der Waals surface area contributed by atoms with E-state index in [0.29, 0.717) is 4.90 Å². The van der Waals surface area contributed by atoms with Crippen molar-refractivity contribution in [3.05, 3.63) is 24.3 Å². The Morgan fingerprint density at radius 1 is 1.17 bits per heavy atom. The first-order valence-electron chi connectivity index (χ1n) is 6.24. The summed E-state index contributed by atoms with van der Waals surface area (Å²) in [4.78, 5) is 2.59. The molecule has 18 heavy (non-hydrogen) atoms. The van der Waals surface area contributed by atoms with Crippen molar-refractivity contribution in [1.29, 1.82) is 0 Å². The number of anilines is 1. The molecular weight excluding hydrogens is 248 g/mol. The van der Waals surface area contributed by atoms with Gasteiger partial charge in [-0.15, -0.1) is 0 Å². The van der Waals surface area contributed by atoms with Gasteiger partial charge in [-0.3, -0.25) is 0 Å². The van der Waals surface area contributed by atoms with Crippen molar-refractivity contribution in [3.8, 4) is 0 Å². The fraction of sp³-hybridized carbons (Fsp3) is 0.538. The van der Waals surface area contributed by atoms with E-state index in [1.807, 2.05) is 12.1 Å². The number of likely N-dealkylation sites (N-methyl/N-ethyl adjacent to an activating group) is 2. The van der Waals surface area contributed by atoms with Gasteiger partial charge < -0.3 is 10.2 Å². The fourth-order valence-electron chi connectivity index (χ4n) is 1.76. The van der Waals surface area contributed by atoms with Gasteiger partial charge in [-0.1, -0.05) is 6.92 Å². The van der Waals surface area contributed by atoms with Gasteiger partial charge in [0.05, 0.1) is 4.90 Å². The van der Waals surface area contributed by atoms with Crippen molar-refractivity contribution < 1.29 is 8.42 Å². The molecule has 0 atom stereocenters. The topological polar surface area (TPSA) is 49.4 Å². The van der Waals surface area contributed by atoms with Crippen LogP contribution in [0.25, 0.3) is 0 Å². The lowest BCUT2D eigenvalue weighted by molar-refractivity contribution is 0.602. The summed E-state index contributed by atoms with van der Waals surface area (Å²) in [6, 6.07) is 7.07. The normalized spacial score (nSPS) is 11.5. The summed E-state index contributed by atoms with van der Waals surface area (Å²) in [6.45, 7) is 7.89. The highest BCUT2D eigenvalue weighted by atomic mass is 32.2. The molecule has 0 radical (unpaired) electrons. The van der Waals surface area contributed by atoms with Gasteiger partial charge >= 0.3 is 0 Å². The Kier molecular flexibility index (Phi) is 5.62. The van der Waals surface area contributed by atoms with Crippen LogP contribution in [0.15, 0.2) is 29.2 Å². The third-order valence-electron chi connectivity index (χ3n) is 2.82. The Morgan fingerprint density at radius 2 is 1.78 bits per heavy atom. The summed E-state index contributed by atoms with van der Waals surface area (Å²) in [5.41, 5.74) is 1.06. The molecule has 4 nitrogen and oxygen atoms in total. The largest absolute Gasteiger partial charge is 0.371 e. The summed E-state index contributed by atoms with van der Waals surface area (Å²) in [5, 5.41) is 3.28. The number of sulfone groups is 1.